The van der Waals surface area contributed by atoms with Crippen molar-refractivity contribution >= 4 is 0 Å². The summed E-state index contributed by atoms with van der Waals surface area (Å²) in [7, 11) is 0. The molecule has 4 N–H and O–H groups in total. The Morgan fingerprint density at radius 3 is 0.778 bits per heavy atom. The Morgan fingerprint density at radius 2 is 0.500 bits per heavy atom. The molecule has 0 aromatic carbocycles. The van der Waals surface area contributed by atoms with E-state index in [2.05, 4.69) is 120 Å². The molecular formula is C86H170N4. The third-order valence-corrected chi connectivity index (χ3v) is 21.3. The van der Waals surface area contributed by atoms with Crippen LogP contribution in [0.5, 0.6) is 0 Å². The van der Waals surface area contributed by atoms with Crippen molar-refractivity contribution in [2.45, 2.75) is 458 Å². The number of allylic oxidation sites excluding steroid dienone is 8. The summed E-state index contributed by atoms with van der Waals surface area (Å²) in [4.78, 5) is 3.23. The lowest BCUT2D eigenvalue weighted by atomic mass is 9.57. The summed E-state index contributed by atoms with van der Waals surface area (Å²) in [5, 5.41) is 7.99. The second-order valence-electron chi connectivity index (χ2n) is 30.0. The molecule has 0 aliphatic heterocycles. The van der Waals surface area contributed by atoms with Gasteiger partial charge in [0, 0.05) is 16.5 Å². The molecule has 0 aromatic heterocycles. The zero-order valence-corrected chi connectivity index (χ0v) is 63.5. The summed E-state index contributed by atoms with van der Waals surface area (Å²) in [5.41, 5.74) is 6.06. The van der Waals surface area contributed by atoms with Gasteiger partial charge in [-0.1, -0.05) is 334 Å². The first-order chi connectivity index (χ1) is 44.2. The highest BCUT2D eigenvalue weighted by atomic mass is 15.2. The number of unbranched alkanes of at least 4 members (excludes halogenated alkanes) is 49. The Kier molecular flexibility index (Phi) is 69.7. The molecule has 0 aromatic rings. The van der Waals surface area contributed by atoms with E-state index in [4.69, 9.17) is 5.73 Å². The highest BCUT2D eigenvalue weighted by molar-refractivity contribution is 5.11. The van der Waals surface area contributed by atoms with E-state index in [0.29, 0.717) is 0 Å². The van der Waals surface area contributed by atoms with Gasteiger partial charge in [0.2, 0.25) is 0 Å². The van der Waals surface area contributed by atoms with Gasteiger partial charge in [0.25, 0.3) is 0 Å². The molecule has 90 heavy (non-hydrogen) atoms. The lowest BCUT2D eigenvalue weighted by Gasteiger charge is -2.61. The number of nitrogens with zero attached hydrogens (tertiary/aromatic N) is 1. The van der Waals surface area contributed by atoms with E-state index in [1.165, 1.54) is 398 Å². The maximum atomic E-state index is 5.84. The molecular weight excluding hydrogens is 1090 g/mol. The van der Waals surface area contributed by atoms with E-state index in [1.807, 2.05) is 0 Å². The smallest absolute Gasteiger partial charge is 0.0277 e. The van der Waals surface area contributed by atoms with E-state index in [-0.39, 0.29) is 16.5 Å². The first kappa shape index (κ1) is 88.8. The van der Waals surface area contributed by atoms with Gasteiger partial charge >= 0.3 is 0 Å². The van der Waals surface area contributed by atoms with Gasteiger partial charge < -0.3 is 16.4 Å². The van der Waals surface area contributed by atoms with Gasteiger partial charge in [-0.3, -0.25) is 4.90 Å². The molecule has 0 unspecified atom stereocenters. The van der Waals surface area contributed by atoms with Crippen LogP contribution in [0.1, 0.15) is 447 Å². The fourth-order valence-electron chi connectivity index (χ4n) is 14.4. The number of nitrogens with two attached hydrogens (primary N) is 1. The maximum Gasteiger partial charge on any atom is 0.0277 e. The van der Waals surface area contributed by atoms with Crippen molar-refractivity contribution in [1.29, 1.82) is 0 Å². The van der Waals surface area contributed by atoms with Gasteiger partial charge in [-0.05, 0) is 201 Å². The van der Waals surface area contributed by atoms with Crippen molar-refractivity contribution in [3.8, 4) is 0 Å². The fraction of sp³-hybridized carbons (Fsp3) is 0.907. The summed E-state index contributed by atoms with van der Waals surface area (Å²) in [6.07, 6.45) is 103. The number of rotatable bonds is 76. The van der Waals surface area contributed by atoms with Crippen molar-refractivity contribution in [1.82, 2.24) is 15.5 Å². The monoisotopic (exact) mass is 1260 g/mol. The minimum atomic E-state index is -0.00444. The molecule has 4 heteroatoms. The zero-order valence-electron chi connectivity index (χ0n) is 63.5. The molecule has 0 spiro atoms. The molecule has 0 heterocycles. The molecule has 0 aliphatic carbocycles. The van der Waals surface area contributed by atoms with E-state index in [9.17, 15) is 0 Å². The molecule has 0 fully saturated rings. The van der Waals surface area contributed by atoms with Crippen molar-refractivity contribution in [2.24, 2.45) is 11.1 Å². The Balaban J connectivity index is 6.45. The minimum absolute atomic E-state index is 0.00444. The average Bonchev–Trinajstić information content (AvgIpc) is 0.752. The summed E-state index contributed by atoms with van der Waals surface area (Å²) < 4.78 is 0. The summed E-state index contributed by atoms with van der Waals surface area (Å²) in [6.45, 7) is 26.6. The van der Waals surface area contributed by atoms with E-state index in [0.717, 1.165) is 32.6 Å². The van der Waals surface area contributed by atoms with Gasteiger partial charge in [-0.15, -0.1) is 0 Å². The van der Waals surface area contributed by atoms with Crippen LogP contribution in [0.4, 0.5) is 0 Å². The van der Waals surface area contributed by atoms with E-state index >= 15 is 0 Å². The van der Waals surface area contributed by atoms with Gasteiger partial charge in [0.05, 0.1) is 0 Å². The second kappa shape index (κ2) is 70.6. The van der Waals surface area contributed by atoms with E-state index in [1.54, 1.807) is 0 Å². The maximum absolute atomic E-state index is 5.84. The van der Waals surface area contributed by atoms with Gasteiger partial charge in [-0.2, -0.15) is 0 Å². The third kappa shape index (κ3) is 55.0. The zero-order chi connectivity index (χ0) is 65.5. The Morgan fingerprint density at radius 1 is 0.267 bits per heavy atom. The first-order valence-corrected chi connectivity index (χ1v) is 41.7. The fourth-order valence-corrected chi connectivity index (χ4v) is 14.4. The molecule has 0 aliphatic rings. The largest absolute Gasteiger partial charge is 0.330 e. The van der Waals surface area contributed by atoms with Crippen molar-refractivity contribution < 1.29 is 0 Å². The predicted octanol–water partition coefficient (Wildman–Crippen LogP) is 28.1. The lowest BCUT2D eigenvalue weighted by Crippen LogP contribution is -2.68. The van der Waals surface area contributed by atoms with Crippen LogP contribution in [-0.2, 0) is 0 Å². The lowest BCUT2D eigenvalue weighted by molar-refractivity contribution is -0.0801. The highest BCUT2D eigenvalue weighted by Gasteiger charge is 2.54. The molecule has 534 valence electrons. The van der Waals surface area contributed by atoms with Crippen LogP contribution in [0.3, 0.4) is 0 Å². The van der Waals surface area contributed by atoms with Crippen LogP contribution < -0.4 is 16.4 Å². The molecule has 0 bridgehead atoms. The Hall–Kier alpha value is -1.20. The molecule has 0 radical (unpaired) electrons. The SMILES string of the molecule is CCCCCCCCC=CCCCCCCCCN(CCCCCCCCC=CCCCCCCCC)C(CCCCCCCCC=CCCCCCCCC)(CCCCCCCCC=CCCCCCCCC)C(C)(C)C(C)(C)NCCCCNCCCN. The molecule has 4 nitrogen and oxygen atoms in total. The van der Waals surface area contributed by atoms with Crippen molar-refractivity contribution in [3.63, 3.8) is 0 Å². The van der Waals surface area contributed by atoms with Gasteiger partial charge in [0.1, 0.15) is 0 Å². The molecule has 0 saturated heterocycles. The minimum Gasteiger partial charge on any atom is -0.330 e. The number of hydrogen-bond donors (Lipinski definition) is 3. The topological polar surface area (TPSA) is 53.3 Å². The van der Waals surface area contributed by atoms with E-state index < -0.39 is 0 Å². The Bertz CT molecular complexity index is 1410. The highest BCUT2D eigenvalue weighted by Crippen LogP contribution is 2.51. The van der Waals surface area contributed by atoms with Crippen molar-refractivity contribution in [3.05, 3.63) is 48.6 Å². The molecule has 0 atom stereocenters. The summed E-state index contributed by atoms with van der Waals surface area (Å²) in [6, 6.07) is 0. The van der Waals surface area contributed by atoms with Crippen LogP contribution in [-0.4, -0.2) is 55.2 Å². The summed E-state index contributed by atoms with van der Waals surface area (Å²) >= 11 is 0. The molecule has 0 saturated carbocycles. The van der Waals surface area contributed by atoms with Crippen LogP contribution in [0, 0.1) is 5.41 Å². The quantitative estimate of drug-likeness (QED) is 0.0420. The van der Waals surface area contributed by atoms with Crippen LogP contribution in [0.15, 0.2) is 48.6 Å². The summed E-state index contributed by atoms with van der Waals surface area (Å²) in [5.74, 6) is 0. The Labute approximate surface area is 569 Å². The average molecular weight is 1260 g/mol. The van der Waals surface area contributed by atoms with Crippen LogP contribution in [0.25, 0.3) is 0 Å². The van der Waals surface area contributed by atoms with Crippen LogP contribution in [0.2, 0.25) is 0 Å². The van der Waals surface area contributed by atoms with Crippen molar-refractivity contribution in [2.75, 3.05) is 39.3 Å². The van der Waals surface area contributed by atoms with Crippen LogP contribution >= 0.6 is 0 Å². The second-order valence-corrected chi connectivity index (χ2v) is 30.0. The van der Waals surface area contributed by atoms with Gasteiger partial charge in [0.15, 0.2) is 0 Å². The number of nitrogens with one attached hydrogen (secondary N) is 2. The predicted molar refractivity (Wildman–Crippen MR) is 413 cm³/mol. The molecule has 0 rings (SSSR count). The number of hydrogen-bond acceptors (Lipinski definition) is 4. The standard InChI is InChI=1S/C86H170N4/c1-9-13-17-21-25-29-33-37-41-45-49-53-57-61-65-69-76-86(84(5,6)85(7,8)89-81-72-71-79-88-80-75-78-87,77-70-66-62-58-54-50-46-42-38-34-30-26-22-18-14-10-2)90(82-73-67-63-59-55-51-47-43-39-35-31-27-23-19-15-11-3)83-74-68-64-60-56-52-48-44-40-36-32-28-24-20-16-12-4/h37-44,88-89H,9-36,45-83,87H2,1-8H3. The third-order valence-electron chi connectivity index (χ3n) is 21.3. The first-order valence-electron chi connectivity index (χ1n) is 41.7. The molecule has 0 amide bonds. The van der Waals surface area contributed by atoms with Gasteiger partial charge in [-0.25, -0.2) is 0 Å². The normalized spacial score (nSPS) is 13.4.